The van der Waals surface area contributed by atoms with Gasteiger partial charge in [-0.05, 0) is 25.0 Å². The van der Waals surface area contributed by atoms with Crippen molar-refractivity contribution in [1.29, 1.82) is 0 Å². The Kier molecular flexibility index (Phi) is 7.74. The first kappa shape index (κ1) is 24.3. The summed E-state index contributed by atoms with van der Waals surface area (Å²) in [6, 6.07) is 6.37. The molecule has 1 aromatic carbocycles. The summed E-state index contributed by atoms with van der Waals surface area (Å²) in [7, 11) is -3.86. The first-order valence-corrected chi connectivity index (χ1v) is 11.0. The lowest BCUT2D eigenvalue weighted by Crippen LogP contribution is -2.62. The second kappa shape index (κ2) is 9.88. The normalized spacial score (nSPS) is 15.8. The number of hydrogen-bond acceptors (Lipinski definition) is 8. The lowest BCUT2D eigenvalue weighted by Gasteiger charge is -2.29. The van der Waals surface area contributed by atoms with Gasteiger partial charge in [-0.1, -0.05) is 24.3 Å². The van der Waals surface area contributed by atoms with Crippen LogP contribution in [0, 0.1) is 0 Å². The van der Waals surface area contributed by atoms with Crippen molar-refractivity contribution in [3.63, 3.8) is 0 Å². The number of carbonyl (C=O) groups is 4. The molecule has 1 aliphatic rings. The lowest BCUT2D eigenvalue weighted by molar-refractivity contribution is -0.168. The number of benzene rings is 1. The summed E-state index contributed by atoms with van der Waals surface area (Å²) in [5, 5.41) is 2.38. The smallest absolute Gasteiger partial charge is 0.344 e. The summed E-state index contributed by atoms with van der Waals surface area (Å²) < 4.78 is 36.6. The molecule has 11 nitrogen and oxygen atoms in total. The average Bonchev–Trinajstić information content (AvgIpc) is 2.93. The molecule has 170 valence electrons. The fourth-order valence-electron chi connectivity index (χ4n) is 3.08. The standard InChI is InChI=1S/C19H25N3O8S/c1-4-29-17(25)19(20-13(3)23,18(26)30-5-2)10-14-6-8-15(9-7-14)11-22-12-16(24)21-31(22,27)28/h6-9H,4-5,10-12H2,1-3H3,(H,20,23)(H,21,24). The molecule has 0 bridgehead atoms. The zero-order valence-corrected chi connectivity index (χ0v) is 18.3. The largest absolute Gasteiger partial charge is 0.464 e. The number of ether oxygens (including phenoxy) is 2. The first-order chi connectivity index (χ1) is 14.5. The molecule has 31 heavy (non-hydrogen) atoms. The van der Waals surface area contributed by atoms with Crippen LogP contribution in [0.5, 0.6) is 0 Å². The Morgan fingerprint density at radius 3 is 2.00 bits per heavy atom. The third-order valence-electron chi connectivity index (χ3n) is 4.39. The number of nitrogens with one attached hydrogen (secondary N) is 2. The van der Waals surface area contributed by atoms with Gasteiger partial charge < -0.3 is 14.8 Å². The Morgan fingerprint density at radius 1 is 1.06 bits per heavy atom. The fourth-order valence-corrected chi connectivity index (χ4v) is 4.17. The third kappa shape index (κ3) is 5.79. The van der Waals surface area contributed by atoms with Crippen LogP contribution in [0.1, 0.15) is 31.9 Å². The molecule has 0 aromatic heterocycles. The molecular formula is C19H25N3O8S. The zero-order chi connectivity index (χ0) is 23.2. The maximum atomic E-state index is 12.7. The third-order valence-corrected chi connectivity index (χ3v) is 5.81. The molecule has 0 saturated carbocycles. The molecular weight excluding hydrogens is 430 g/mol. The zero-order valence-electron chi connectivity index (χ0n) is 17.5. The van der Waals surface area contributed by atoms with E-state index in [9.17, 15) is 27.6 Å². The molecule has 0 spiro atoms. The van der Waals surface area contributed by atoms with E-state index in [2.05, 4.69) is 5.32 Å². The van der Waals surface area contributed by atoms with Crippen molar-refractivity contribution in [2.24, 2.45) is 0 Å². The Morgan fingerprint density at radius 2 is 1.58 bits per heavy atom. The highest BCUT2D eigenvalue weighted by Gasteiger charge is 2.50. The minimum Gasteiger partial charge on any atom is -0.464 e. The Balaban J connectivity index is 2.29. The van der Waals surface area contributed by atoms with Crippen LogP contribution in [0.2, 0.25) is 0 Å². The molecule has 0 aliphatic carbocycles. The summed E-state index contributed by atoms with van der Waals surface area (Å²) in [6.07, 6.45) is -0.230. The molecule has 12 heteroatoms. The van der Waals surface area contributed by atoms with Crippen molar-refractivity contribution >= 4 is 34.0 Å². The van der Waals surface area contributed by atoms with Crippen LogP contribution in [-0.4, -0.2) is 61.8 Å². The van der Waals surface area contributed by atoms with Crippen LogP contribution >= 0.6 is 0 Å². The van der Waals surface area contributed by atoms with Crippen molar-refractivity contribution in [3.8, 4) is 0 Å². The minimum atomic E-state index is -3.86. The van der Waals surface area contributed by atoms with Gasteiger partial charge in [-0.15, -0.1) is 0 Å². The molecule has 2 rings (SSSR count). The van der Waals surface area contributed by atoms with Crippen LogP contribution in [0.4, 0.5) is 0 Å². The number of rotatable bonds is 9. The molecule has 1 aliphatic heterocycles. The van der Waals surface area contributed by atoms with Crippen molar-refractivity contribution in [1.82, 2.24) is 14.3 Å². The van der Waals surface area contributed by atoms with E-state index < -0.39 is 39.5 Å². The van der Waals surface area contributed by atoms with Crippen molar-refractivity contribution < 1.29 is 37.1 Å². The second-order valence-electron chi connectivity index (χ2n) is 6.82. The van der Waals surface area contributed by atoms with Crippen LogP contribution in [0.3, 0.4) is 0 Å². The molecule has 1 saturated heterocycles. The fraction of sp³-hybridized carbons (Fsp3) is 0.474. The highest BCUT2D eigenvalue weighted by Crippen LogP contribution is 2.20. The van der Waals surface area contributed by atoms with Gasteiger partial charge in [0.25, 0.3) is 0 Å². The summed E-state index contributed by atoms with van der Waals surface area (Å²) in [5.74, 6) is -3.12. The maximum absolute atomic E-state index is 12.7. The number of nitrogens with zero attached hydrogens (tertiary/aromatic N) is 1. The van der Waals surface area contributed by atoms with Gasteiger partial charge in [0.2, 0.25) is 17.4 Å². The molecule has 1 aromatic rings. The van der Waals surface area contributed by atoms with E-state index in [1.165, 1.54) is 6.92 Å². The van der Waals surface area contributed by atoms with Gasteiger partial charge >= 0.3 is 22.1 Å². The predicted molar refractivity (Wildman–Crippen MR) is 107 cm³/mol. The van der Waals surface area contributed by atoms with Crippen LogP contribution in [0.15, 0.2) is 24.3 Å². The number of amides is 2. The molecule has 0 unspecified atom stereocenters. The highest BCUT2D eigenvalue weighted by molar-refractivity contribution is 7.88. The summed E-state index contributed by atoms with van der Waals surface area (Å²) in [4.78, 5) is 48.5. The van der Waals surface area contributed by atoms with Gasteiger partial charge in [0.15, 0.2) is 0 Å². The summed E-state index contributed by atoms with van der Waals surface area (Å²) in [6.45, 7) is 3.99. The predicted octanol–water partition coefficient (Wildman–Crippen LogP) is -0.593. The number of esters is 2. The molecule has 2 N–H and O–H groups in total. The summed E-state index contributed by atoms with van der Waals surface area (Å²) >= 11 is 0. The van der Waals surface area contributed by atoms with E-state index in [1.54, 1.807) is 38.1 Å². The van der Waals surface area contributed by atoms with E-state index in [0.717, 1.165) is 4.31 Å². The van der Waals surface area contributed by atoms with E-state index in [4.69, 9.17) is 9.47 Å². The van der Waals surface area contributed by atoms with Crippen molar-refractivity contribution in [2.75, 3.05) is 19.8 Å². The van der Waals surface area contributed by atoms with Gasteiger partial charge in [-0.3, -0.25) is 9.59 Å². The highest BCUT2D eigenvalue weighted by atomic mass is 32.2. The SMILES string of the molecule is CCOC(=O)C(Cc1ccc(CN2CC(=O)NS2(=O)=O)cc1)(NC(C)=O)C(=O)OCC. The number of hydrogen-bond donors (Lipinski definition) is 2. The van der Waals surface area contributed by atoms with Crippen molar-refractivity contribution in [3.05, 3.63) is 35.4 Å². The van der Waals surface area contributed by atoms with E-state index in [0.29, 0.717) is 11.1 Å². The molecule has 0 atom stereocenters. The Bertz CT molecular complexity index is 941. The van der Waals surface area contributed by atoms with E-state index in [-0.39, 0.29) is 32.7 Å². The molecule has 1 fully saturated rings. The van der Waals surface area contributed by atoms with Gasteiger partial charge in [0.1, 0.15) is 0 Å². The van der Waals surface area contributed by atoms with E-state index >= 15 is 0 Å². The van der Waals surface area contributed by atoms with Gasteiger partial charge in [0.05, 0.1) is 19.8 Å². The van der Waals surface area contributed by atoms with Gasteiger partial charge in [-0.25, -0.2) is 14.3 Å². The number of carbonyl (C=O) groups excluding carboxylic acids is 4. The van der Waals surface area contributed by atoms with Crippen LogP contribution < -0.4 is 10.0 Å². The van der Waals surface area contributed by atoms with Crippen LogP contribution in [-0.2, 0) is 51.8 Å². The van der Waals surface area contributed by atoms with E-state index in [1.807, 2.05) is 4.72 Å². The molecule has 2 amide bonds. The van der Waals surface area contributed by atoms with Crippen LogP contribution in [0.25, 0.3) is 0 Å². The maximum Gasteiger partial charge on any atom is 0.344 e. The average molecular weight is 455 g/mol. The first-order valence-electron chi connectivity index (χ1n) is 9.55. The Hall–Kier alpha value is -2.99. The van der Waals surface area contributed by atoms with Gasteiger partial charge in [0, 0.05) is 19.9 Å². The second-order valence-corrected chi connectivity index (χ2v) is 8.49. The quantitative estimate of drug-likeness (QED) is 0.371. The minimum absolute atomic E-state index is 0.00439. The molecule has 0 radical (unpaired) electrons. The summed E-state index contributed by atoms with van der Waals surface area (Å²) in [5.41, 5.74) is -0.980. The topological polar surface area (TPSA) is 148 Å². The Labute approximate surface area is 180 Å². The van der Waals surface area contributed by atoms with Crippen molar-refractivity contribution in [2.45, 2.75) is 39.3 Å². The van der Waals surface area contributed by atoms with Gasteiger partial charge in [-0.2, -0.15) is 12.7 Å². The molecule has 1 heterocycles. The lowest BCUT2D eigenvalue weighted by atomic mass is 9.90. The monoisotopic (exact) mass is 455 g/mol.